The fourth-order valence-electron chi connectivity index (χ4n) is 6.12. The molecule has 4 aliphatic rings. The van der Waals surface area contributed by atoms with E-state index in [-0.39, 0.29) is 18.7 Å². The Morgan fingerprint density at radius 3 is 2.56 bits per heavy atom. The van der Waals surface area contributed by atoms with Crippen LogP contribution >= 0.6 is 0 Å². The summed E-state index contributed by atoms with van der Waals surface area (Å²) in [5.74, 6) is -1.45. The molecule has 2 N–H and O–H groups in total. The van der Waals surface area contributed by atoms with E-state index in [0.29, 0.717) is 23.1 Å². The number of hydrogen-bond donors (Lipinski definition) is 2. The van der Waals surface area contributed by atoms with Gasteiger partial charge in [-0.25, -0.2) is 0 Å². The minimum Gasteiger partial charge on any atom is -0.371 e. The van der Waals surface area contributed by atoms with E-state index in [1.165, 1.54) is 0 Å². The van der Waals surface area contributed by atoms with E-state index in [0.717, 1.165) is 74.9 Å². The molecule has 39 heavy (non-hydrogen) atoms. The van der Waals surface area contributed by atoms with E-state index in [4.69, 9.17) is 0 Å². The second kappa shape index (κ2) is 10.5. The smallest absolute Gasteiger partial charge is 0.262 e. The number of rotatable bonds is 6. The highest BCUT2D eigenvalue weighted by Crippen LogP contribution is 2.32. The summed E-state index contributed by atoms with van der Waals surface area (Å²) in [6.07, 6.45) is 4.29. The van der Waals surface area contributed by atoms with Gasteiger partial charge in [-0.05, 0) is 50.3 Å². The highest BCUT2D eigenvalue weighted by Gasteiger charge is 2.44. The molecule has 1 unspecified atom stereocenters. The molecule has 5 heterocycles. The molecule has 1 aromatic carbocycles. The maximum absolute atomic E-state index is 13.2. The number of piperazine rings is 1. The topological polar surface area (TPSA) is 133 Å². The maximum Gasteiger partial charge on any atom is 0.262 e. The van der Waals surface area contributed by atoms with Crippen molar-refractivity contribution < 1.29 is 19.2 Å². The number of benzene rings is 1. The zero-order valence-corrected chi connectivity index (χ0v) is 22.1. The van der Waals surface area contributed by atoms with Crippen molar-refractivity contribution in [1.29, 1.82) is 0 Å². The van der Waals surface area contributed by atoms with Gasteiger partial charge in [0.15, 0.2) is 0 Å². The van der Waals surface area contributed by atoms with Crippen LogP contribution in [0.25, 0.3) is 0 Å². The van der Waals surface area contributed by atoms with Crippen molar-refractivity contribution in [3.05, 3.63) is 41.2 Å². The zero-order chi connectivity index (χ0) is 27.1. The standard InChI is InChI=1S/C27H34N8O4/c1-17-13-28-8-11-33(17)15-19-16-34(31-30-19)14-18-6-9-32(10-7-18)20-2-3-21-22(12-20)27(39)35(26(21)38)23-4-5-24(36)29-25(23)37/h2-3,12,16-18,23,28H,4-11,13-15H2,1H3,(H,29,36,37)/t17-,23?/m0/s1. The van der Waals surface area contributed by atoms with E-state index in [9.17, 15) is 19.2 Å². The van der Waals surface area contributed by atoms with Crippen LogP contribution in [0.3, 0.4) is 0 Å². The minimum atomic E-state index is -0.952. The molecule has 6 rings (SSSR count). The number of hydrogen-bond acceptors (Lipinski definition) is 9. The van der Waals surface area contributed by atoms with Gasteiger partial charge in [-0.3, -0.25) is 39.0 Å². The first-order valence-corrected chi connectivity index (χ1v) is 13.8. The van der Waals surface area contributed by atoms with Gasteiger partial charge in [0.05, 0.1) is 16.8 Å². The Kier molecular flexibility index (Phi) is 6.90. The third-order valence-corrected chi connectivity index (χ3v) is 8.44. The second-order valence-corrected chi connectivity index (χ2v) is 11.1. The van der Waals surface area contributed by atoms with Gasteiger partial charge in [-0.15, -0.1) is 5.10 Å². The van der Waals surface area contributed by atoms with Gasteiger partial charge >= 0.3 is 0 Å². The Morgan fingerprint density at radius 1 is 1.00 bits per heavy atom. The number of anilines is 1. The molecule has 0 spiro atoms. The SMILES string of the molecule is C[C@H]1CNCCN1Cc1cn(CC2CCN(c3ccc4c(c3)C(=O)N(C3CCC(=O)NC3=O)C4=O)CC2)nn1. The summed E-state index contributed by atoms with van der Waals surface area (Å²) >= 11 is 0. The monoisotopic (exact) mass is 534 g/mol. The molecule has 2 aromatic rings. The quantitative estimate of drug-likeness (QED) is 0.505. The van der Waals surface area contributed by atoms with Crippen molar-refractivity contribution in [3.8, 4) is 0 Å². The van der Waals surface area contributed by atoms with Gasteiger partial charge in [0.2, 0.25) is 11.8 Å². The molecule has 2 atom stereocenters. The first kappa shape index (κ1) is 25.6. The third-order valence-electron chi connectivity index (χ3n) is 8.44. The molecule has 0 bridgehead atoms. The van der Waals surface area contributed by atoms with Crippen LogP contribution in [0.5, 0.6) is 0 Å². The Labute approximate surface area is 226 Å². The van der Waals surface area contributed by atoms with E-state index in [2.05, 4.69) is 43.9 Å². The number of nitrogens with one attached hydrogen (secondary N) is 2. The second-order valence-electron chi connectivity index (χ2n) is 11.1. The molecule has 3 saturated heterocycles. The minimum absolute atomic E-state index is 0.106. The first-order valence-electron chi connectivity index (χ1n) is 13.8. The summed E-state index contributed by atoms with van der Waals surface area (Å²) in [6.45, 7) is 8.57. The molecule has 12 nitrogen and oxygen atoms in total. The van der Waals surface area contributed by atoms with Crippen LogP contribution in [-0.4, -0.2) is 93.2 Å². The van der Waals surface area contributed by atoms with Crippen LogP contribution in [0, 0.1) is 5.92 Å². The zero-order valence-electron chi connectivity index (χ0n) is 22.1. The number of amides is 4. The van der Waals surface area contributed by atoms with Crippen LogP contribution in [0.1, 0.15) is 59.0 Å². The third kappa shape index (κ3) is 5.06. The summed E-state index contributed by atoms with van der Waals surface area (Å²) in [6, 6.07) is 4.86. The van der Waals surface area contributed by atoms with Gasteiger partial charge in [-0.2, -0.15) is 0 Å². The fourth-order valence-corrected chi connectivity index (χ4v) is 6.12. The lowest BCUT2D eigenvalue weighted by Gasteiger charge is -2.33. The van der Waals surface area contributed by atoms with Crippen molar-refractivity contribution >= 4 is 29.3 Å². The van der Waals surface area contributed by atoms with Gasteiger partial charge < -0.3 is 10.2 Å². The normalized spacial score (nSPS) is 24.8. The van der Waals surface area contributed by atoms with Crippen LogP contribution in [-0.2, 0) is 22.7 Å². The molecule has 4 aliphatic heterocycles. The van der Waals surface area contributed by atoms with Gasteiger partial charge in [0, 0.05) is 70.2 Å². The Bertz CT molecular complexity index is 1300. The predicted molar refractivity (Wildman–Crippen MR) is 141 cm³/mol. The summed E-state index contributed by atoms with van der Waals surface area (Å²) < 4.78 is 1.96. The highest BCUT2D eigenvalue weighted by atomic mass is 16.2. The number of nitrogens with zero attached hydrogens (tertiary/aromatic N) is 6. The highest BCUT2D eigenvalue weighted by molar-refractivity contribution is 6.23. The molecule has 3 fully saturated rings. The molecule has 0 radical (unpaired) electrons. The number of imide groups is 2. The molecule has 206 valence electrons. The molecular weight excluding hydrogens is 500 g/mol. The molecule has 12 heteroatoms. The molecule has 0 aliphatic carbocycles. The average Bonchev–Trinajstić information content (AvgIpc) is 3.47. The Balaban J connectivity index is 1.05. The lowest BCUT2D eigenvalue weighted by atomic mass is 9.96. The van der Waals surface area contributed by atoms with E-state index < -0.39 is 23.8 Å². The van der Waals surface area contributed by atoms with Crippen molar-refractivity contribution in [1.82, 2.24) is 35.4 Å². The van der Waals surface area contributed by atoms with E-state index >= 15 is 0 Å². The lowest BCUT2D eigenvalue weighted by Crippen LogP contribution is -2.54. The van der Waals surface area contributed by atoms with E-state index in [1.54, 1.807) is 12.1 Å². The van der Waals surface area contributed by atoms with Crippen LogP contribution in [0.15, 0.2) is 24.4 Å². The number of piperidine rings is 2. The van der Waals surface area contributed by atoms with E-state index in [1.807, 2.05) is 10.7 Å². The maximum atomic E-state index is 13.2. The summed E-state index contributed by atoms with van der Waals surface area (Å²) in [7, 11) is 0. The van der Waals surface area contributed by atoms with Crippen LogP contribution in [0.4, 0.5) is 5.69 Å². The van der Waals surface area contributed by atoms with Crippen molar-refractivity contribution in [2.24, 2.45) is 5.92 Å². The summed E-state index contributed by atoms with van der Waals surface area (Å²) in [5.41, 5.74) is 2.52. The molecule has 1 aromatic heterocycles. The van der Waals surface area contributed by atoms with Gasteiger partial charge in [0.1, 0.15) is 6.04 Å². The number of aromatic nitrogens is 3. The average molecular weight is 535 g/mol. The van der Waals surface area contributed by atoms with Crippen molar-refractivity contribution in [3.63, 3.8) is 0 Å². The van der Waals surface area contributed by atoms with Crippen molar-refractivity contribution in [2.75, 3.05) is 37.6 Å². The Morgan fingerprint density at radius 2 is 1.79 bits per heavy atom. The van der Waals surface area contributed by atoms with Gasteiger partial charge in [-0.1, -0.05) is 5.21 Å². The fraction of sp³-hybridized carbons (Fsp3) is 0.556. The molecule has 0 saturated carbocycles. The van der Waals surface area contributed by atoms with Gasteiger partial charge in [0.25, 0.3) is 11.8 Å². The number of fused-ring (bicyclic) bond motifs is 1. The first-order chi connectivity index (χ1) is 18.9. The summed E-state index contributed by atoms with van der Waals surface area (Å²) in [4.78, 5) is 55.6. The number of carbonyl (C=O) groups excluding carboxylic acids is 4. The number of carbonyl (C=O) groups is 4. The Hall–Kier alpha value is -3.64. The lowest BCUT2D eigenvalue weighted by molar-refractivity contribution is -0.136. The van der Waals surface area contributed by atoms with Crippen LogP contribution < -0.4 is 15.5 Å². The van der Waals surface area contributed by atoms with Crippen molar-refractivity contribution in [2.45, 2.75) is 57.8 Å². The van der Waals surface area contributed by atoms with Crippen LogP contribution in [0.2, 0.25) is 0 Å². The predicted octanol–water partition coefficient (Wildman–Crippen LogP) is 0.390. The molecular formula is C27H34N8O4. The summed E-state index contributed by atoms with van der Waals surface area (Å²) in [5, 5.41) is 14.4. The molecule has 4 amide bonds. The largest absolute Gasteiger partial charge is 0.371 e.